The van der Waals surface area contributed by atoms with Crippen LogP contribution >= 0.6 is 0 Å². The molecule has 5 nitrogen and oxygen atoms in total. The Hall–Kier alpha value is -1.46. The SMILES string of the molecule is CCCC(NCCN1CCCC1)c1cccc([N+](=O)[O-])c1. The summed E-state index contributed by atoms with van der Waals surface area (Å²) in [6.45, 7) is 6.56. The van der Waals surface area contributed by atoms with Crippen molar-refractivity contribution >= 4 is 5.69 Å². The summed E-state index contributed by atoms with van der Waals surface area (Å²) in [5.74, 6) is 0. The first-order valence-electron chi connectivity index (χ1n) is 7.91. The quantitative estimate of drug-likeness (QED) is 0.590. The number of nitro benzene ring substituents is 1. The Morgan fingerprint density at radius 2 is 2.14 bits per heavy atom. The Kier molecular flexibility index (Phi) is 6.14. The third-order valence-electron chi connectivity index (χ3n) is 4.08. The average molecular weight is 291 g/mol. The van der Waals surface area contributed by atoms with E-state index in [2.05, 4.69) is 17.1 Å². The van der Waals surface area contributed by atoms with Crippen LogP contribution in [0.25, 0.3) is 0 Å². The fourth-order valence-corrected chi connectivity index (χ4v) is 2.93. The molecule has 1 heterocycles. The molecule has 0 amide bonds. The van der Waals surface area contributed by atoms with Crippen LogP contribution in [-0.2, 0) is 0 Å². The van der Waals surface area contributed by atoms with E-state index >= 15 is 0 Å². The van der Waals surface area contributed by atoms with Crippen molar-refractivity contribution in [1.29, 1.82) is 0 Å². The highest BCUT2D eigenvalue weighted by molar-refractivity contribution is 5.35. The summed E-state index contributed by atoms with van der Waals surface area (Å²) in [6, 6.07) is 7.21. The van der Waals surface area contributed by atoms with Gasteiger partial charge in [-0.15, -0.1) is 0 Å². The Balaban J connectivity index is 1.93. The summed E-state index contributed by atoms with van der Waals surface area (Å²) in [5.41, 5.74) is 1.20. The van der Waals surface area contributed by atoms with Crippen LogP contribution in [0.5, 0.6) is 0 Å². The van der Waals surface area contributed by atoms with Gasteiger partial charge in [0.15, 0.2) is 0 Å². The van der Waals surface area contributed by atoms with Crippen LogP contribution in [0.4, 0.5) is 5.69 Å². The zero-order valence-corrected chi connectivity index (χ0v) is 12.8. The summed E-state index contributed by atoms with van der Waals surface area (Å²) in [4.78, 5) is 13.1. The molecule has 0 spiro atoms. The molecule has 1 aromatic rings. The minimum Gasteiger partial charge on any atom is -0.309 e. The normalized spacial score (nSPS) is 17.0. The molecule has 0 aliphatic carbocycles. The van der Waals surface area contributed by atoms with E-state index in [-0.39, 0.29) is 16.7 Å². The van der Waals surface area contributed by atoms with Crippen LogP contribution in [0.3, 0.4) is 0 Å². The van der Waals surface area contributed by atoms with Crippen molar-refractivity contribution < 1.29 is 4.92 Å². The third kappa shape index (κ3) is 4.79. The second kappa shape index (κ2) is 8.10. The summed E-state index contributed by atoms with van der Waals surface area (Å²) in [6.07, 6.45) is 4.68. The van der Waals surface area contributed by atoms with E-state index in [1.54, 1.807) is 18.2 Å². The van der Waals surface area contributed by atoms with Gasteiger partial charge in [-0.25, -0.2) is 0 Å². The molecule has 1 N–H and O–H groups in total. The summed E-state index contributed by atoms with van der Waals surface area (Å²) < 4.78 is 0. The lowest BCUT2D eigenvalue weighted by Crippen LogP contribution is -2.32. The monoisotopic (exact) mass is 291 g/mol. The zero-order valence-electron chi connectivity index (χ0n) is 12.8. The predicted molar refractivity (Wildman–Crippen MR) is 84.4 cm³/mol. The van der Waals surface area contributed by atoms with Crippen LogP contribution in [0.15, 0.2) is 24.3 Å². The summed E-state index contributed by atoms with van der Waals surface area (Å²) in [5, 5.41) is 14.5. The van der Waals surface area contributed by atoms with Gasteiger partial charge in [-0.05, 0) is 37.9 Å². The van der Waals surface area contributed by atoms with Crippen molar-refractivity contribution in [2.45, 2.75) is 38.6 Å². The van der Waals surface area contributed by atoms with Gasteiger partial charge < -0.3 is 10.2 Å². The molecule has 1 aliphatic heterocycles. The molecule has 2 rings (SSSR count). The number of non-ortho nitro benzene ring substituents is 1. The molecule has 1 fully saturated rings. The standard InChI is InChI=1S/C16H25N3O2/c1-2-6-16(17-9-12-18-10-3-4-11-18)14-7-5-8-15(13-14)19(20)21/h5,7-8,13,16-17H,2-4,6,9-12H2,1H3. The molecule has 1 saturated heterocycles. The molecule has 1 aromatic carbocycles. The first-order chi connectivity index (χ1) is 10.2. The lowest BCUT2D eigenvalue weighted by Gasteiger charge is -2.21. The Morgan fingerprint density at radius 3 is 2.81 bits per heavy atom. The second-order valence-corrected chi connectivity index (χ2v) is 5.70. The second-order valence-electron chi connectivity index (χ2n) is 5.70. The molecule has 21 heavy (non-hydrogen) atoms. The largest absolute Gasteiger partial charge is 0.309 e. The van der Waals surface area contributed by atoms with Gasteiger partial charge >= 0.3 is 0 Å². The number of likely N-dealkylation sites (tertiary alicyclic amines) is 1. The van der Waals surface area contributed by atoms with Crippen molar-refractivity contribution in [3.05, 3.63) is 39.9 Å². The van der Waals surface area contributed by atoms with Crippen molar-refractivity contribution in [3.8, 4) is 0 Å². The fraction of sp³-hybridized carbons (Fsp3) is 0.625. The number of nitrogens with one attached hydrogen (secondary N) is 1. The van der Waals surface area contributed by atoms with Crippen molar-refractivity contribution in [1.82, 2.24) is 10.2 Å². The number of hydrogen-bond acceptors (Lipinski definition) is 4. The van der Waals surface area contributed by atoms with Crippen LogP contribution in [0.1, 0.15) is 44.2 Å². The van der Waals surface area contributed by atoms with E-state index in [0.717, 1.165) is 31.5 Å². The Morgan fingerprint density at radius 1 is 1.38 bits per heavy atom. The number of hydrogen-bond donors (Lipinski definition) is 1. The summed E-state index contributed by atoms with van der Waals surface area (Å²) >= 11 is 0. The van der Waals surface area contributed by atoms with E-state index < -0.39 is 0 Å². The molecular formula is C16H25N3O2. The Labute approximate surface area is 126 Å². The first-order valence-corrected chi connectivity index (χ1v) is 7.91. The van der Waals surface area contributed by atoms with Gasteiger partial charge in [0.25, 0.3) is 5.69 Å². The van der Waals surface area contributed by atoms with Gasteiger partial charge in [-0.1, -0.05) is 25.5 Å². The smallest absolute Gasteiger partial charge is 0.269 e. The highest BCUT2D eigenvalue weighted by atomic mass is 16.6. The molecule has 1 unspecified atom stereocenters. The third-order valence-corrected chi connectivity index (χ3v) is 4.08. The van der Waals surface area contributed by atoms with Gasteiger partial charge in [-0.3, -0.25) is 10.1 Å². The highest BCUT2D eigenvalue weighted by Gasteiger charge is 2.15. The molecular weight excluding hydrogens is 266 g/mol. The topological polar surface area (TPSA) is 58.4 Å². The van der Waals surface area contributed by atoms with Crippen LogP contribution in [0, 0.1) is 10.1 Å². The first kappa shape index (κ1) is 15.9. The van der Waals surface area contributed by atoms with E-state index in [1.165, 1.54) is 25.9 Å². The van der Waals surface area contributed by atoms with Crippen molar-refractivity contribution in [2.75, 3.05) is 26.2 Å². The average Bonchev–Trinajstić information content (AvgIpc) is 3.00. The molecule has 1 aliphatic rings. The minimum atomic E-state index is -0.323. The summed E-state index contributed by atoms with van der Waals surface area (Å²) in [7, 11) is 0. The number of nitro groups is 1. The maximum absolute atomic E-state index is 10.9. The minimum absolute atomic E-state index is 0.176. The van der Waals surface area contributed by atoms with E-state index in [9.17, 15) is 10.1 Å². The van der Waals surface area contributed by atoms with Crippen LogP contribution < -0.4 is 5.32 Å². The molecule has 116 valence electrons. The highest BCUT2D eigenvalue weighted by Crippen LogP contribution is 2.22. The Bertz CT molecular complexity index is 459. The molecule has 1 atom stereocenters. The van der Waals surface area contributed by atoms with Gasteiger partial charge in [0.05, 0.1) is 4.92 Å². The van der Waals surface area contributed by atoms with Crippen LogP contribution in [0.2, 0.25) is 0 Å². The number of rotatable bonds is 8. The van der Waals surface area contributed by atoms with Crippen molar-refractivity contribution in [2.24, 2.45) is 0 Å². The van der Waals surface area contributed by atoms with Crippen molar-refractivity contribution in [3.63, 3.8) is 0 Å². The van der Waals surface area contributed by atoms with Gasteiger partial charge in [0, 0.05) is 31.3 Å². The van der Waals surface area contributed by atoms with E-state index in [4.69, 9.17) is 0 Å². The maximum atomic E-state index is 10.9. The number of benzene rings is 1. The lowest BCUT2D eigenvalue weighted by molar-refractivity contribution is -0.384. The molecule has 5 heteroatoms. The fourth-order valence-electron chi connectivity index (χ4n) is 2.93. The number of nitrogens with zero attached hydrogens (tertiary/aromatic N) is 2. The molecule has 0 bridgehead atoms. The van der Waals surface area contributed by atoms with E-state index in [1.807, 2.05) is 6.07 Å². The predicted octanol–water partition coefficient (Wildman–Crippen LogP) is 3.12. The van der Waals surface area contributed by atoms with Gasteiger partial charge in [-0.2, -0.15) is 0 Å². The lowest BCUT2D eigenvalue weighted by atomic mass is 10.0. The zero-order chi connectivity index (χ0) is 15.1. The van der Waals surface area contributed by atoms with Crippen LogP contribution in [-0.4, -0.2) is 36.0 Å². The maximum Gasteiger partial charge on any atom is 0.269 e. The van der Waals surface area contributed by atoms with Gasteiger partial charge in [0.1, 0.15) is 0 Å². The molecule has 0 radical (unpaired) electrons. The molecule has 0 aromatic heterocycles. The van der Waals surface area contributed by atoms with Gasteiger partial charge in [0.2, 0.25) is 0 Å². The van der Waals surface area contributed by atoms with E-state index in [0.29, 0.717) is 0 Å². The molecule has 0 saturated carbocycles.